The molecule has 0 spiro atoms. The minimum atomic E-state index is -1.10. The van der Waals surface area contributed by atoms with Crippen LogP contribution in [0.1, 0.15) is 28.4 Å². The Morgan fingerprint density at radius 3 is 2.44 bits per heavy atom. The van der Waals surface area contributed by atoms with Crippen LogP contribution in [0.5, 0.6) is 0 Å². The number of aryl methyl sites for hydroxylation is 1. The smallest absolute Gasteiger partial charge is 0.326 e. The molecule has 2 rings (SSSR count). The van der Waals surface area contributed by atoms with E-state index in [-0.39, 0.29) is 17.9 Å². The Hall–Kier alpha value is -3.15. The molecule has 0 aliphatic heterocycles. The van der Waals surface area contributed by atoms with Gasteiger partial charge in [-0.3, -0.25) is 9.59 Å². The third-order valence-corrected chi connectivity index (χ3v) is 3.73. The molecule has 0 aromatic heterocycles. The summed E-state index contributed by atoms with van der Waals surface area (Å²) in [7, 11) is 0. The normalized spacial score (nSPS) is 11.4. The zero-order valence-electron chi connectivity index (χ0n) is 14.1. The van der Waals surface area contributed by atoms with Crippen molar-refractivity contribution in [1.29, 1.82) is 0 Å². The minimum absolute atomic E-state index is 0.194. The van der Waals surface area contributed by atoms with Crippen LogP contribution in [0.2, 0.25) is 0 Å². The van der Waals surface area contributed by atoms with E-state index in [2.05, 4.69) is 10.6 Å². The number of carboxylic acid groups (broad SMARTS) is 1. The summed E-state index contributed by atoms with van der Waals surface area (Å²) in [6.07, 6.45) is 0.194. The molecule has 0 saturated heterocycles. The van der Waals surface area contributed by atoms with Gasteiger partial charge in [-0.2, -0.15) is 0 Å². The van der Waals surface area contributed by atoms with Gasteiger partial charge in [0.25, 0.3) is 5.91 Å². The molecule has 0 saturated carbocycles. The maximum absolute atomic E-state index is 12.4. The van der Waals surface area contributed by atoms with Crippen LogP contribution < -0.4 is 10.6 Å². The molecular weight excluding hydrogens is 320 g/mol. The molecule has 25 heavy (non-hydrogen) atoms. The molecule has 130 valence electrons. The Morgan fingerprint density at radius 2 is 1.80 bits per heavy atom. The molecule has 0 fully saturated rings. The van der Waals surface area contributed by atoms with Gasteiger partial charge in [-0.15, -0.1) is 0 Å². The van der Waals surface area contributed by atoms with Crippen molar-refractivity contribution in [3.8, 4) is 0 Å². The monoisotopic (exact) mass is 340 g/mol. The fourth-order valence-electron chi connectivity index (χ4n) is 2.44. The number of hydrogen-bond donors (Lipinski definition) is 3. The van der Waals surface area contributed by atoms with Crippen molar-refractivity contribution in [1.82, 2.24) is 5.32 Å². The zero-order chi connectivity index (χ0) is 18.4. The number of carboxylic acids is 1. The number of amides is 2. The van der Waals surface area contributed by atoms with Crippen LogP contribution >= 0.6 is 0 Å². The third-order valence-electron chi connectivity index (χ3n) is 3.73. The van der Waals surface area contributed by atoms with Crippen molar-refractivity contribution in [2.24, 2.45) is 0 Å². The molecule has 6 nitrogen and oxygen atoms in total. The number of carbonyl (C=O) groups is 3. The highest BCUT2D eigenvalue weighted by Gasteiger charge is 2.22. The summed E-state index contributed by atoms with van der Waals surface area (Å²) in [5, 5.41) is 14.5. The van der Waals surface area contributed by atoms with Crippen molar-refractivity contribution < 1.29 is 19.5 Å². The largest absolute Gasteiger partial charge is 0.480 e. The Bertz CT molecular complexity index is 802. The molecule has 0 unspecified atom stereocenters. The van der Waals surface area contributed by atoms with E-state index in [0.717, 1.165) is 11.1 Å². The standard InChI is InChI=1S/C19H20N2O4/c1-12-6-3-4-7-14(12)11-17(19(24)25)21-18(23)15-8-5-9-16(10-15)20-13(2)22/h3-10,17H,11H2,1-2H3,(H,20,22)(H,21,23)(H,24,25)/t17-/m1/s1. The number of benzene rings is 2. The molecule has 0 heterocycles. The topological polar surface area (TPSA) is 95.5 Å². The lowest BCUT2D eigenvalue weighted by Gasteiger charge is -2.16. The van der Waals surface area contributed by atoms with E-state index >= 15 is 0 Å². The van der Waals surface area contributed by atoms with Gasteiger partial charge >= 0.3 is 5.97 Å². The summed E-state index contributed by atoms with van der Waals surface area (Å²) in [5.41, 5.74) is 2.59. The maximum atomic E-state index is 12.4. The summed E-state index contributed by atoms with van der Waals surface area (Å²) >= 11 is 0. The van der Waals surface area contributed by atoms with Crippen molar-refractivity contribution >= 4 is 23.5 Å². The highest BCUT2D eigenvalue weighted by atomic mass is 16.4. The van der Waals surface area contributed by atoms with Crippen LogP contribution in [-0.2, 0) is 16.0 Å². The second kappa shape index (κ2) is 8.10. The lowest BCUT2D eigenvalue weighted by atomic mass is 10.0. The third kappa shape index (κ3) is 5.17. The van der Waals surface area contributed by atoms with Crippen molar-refractivity contribution in [2.45, 2.75) is 26.3 Å². The van der Waals surface area contributed by atoms with Gasteiger partial charge in [0.1, 0.15) is 6.04 Å². The second-order valence-corrected chi connectivity index (χ2v) is 5.76. The Morgan fingerprint density at radius 1 is 1.08 bits per heavy atom. The minimum Gasteiger partial charge on any atom is -0.480 e. The second-order valence-electron chi connectivity index (χ2n) is 5.76. The van der Waals surface area contributed by atoms with Gasteiger partial charge in [-0.05, 0) is 36.2 Å². The van der Waals surface area contributed by atoms with Crippen LogP contribution in [0, 0.1) is 6.92 Å². The van der Waals surface area contributed by atoms with E-state index < -0.39 is 17.9 Å². The zero-order valence-corrected chi connectivity index (χ0v) is 14.1. The first kappa shape index (κ1) is 18.2. The van der Waals surface area contributed by atoms with Gasteiger partial charge in [0, 0.05) is 24.6 Å². The van der Waals surface area contributed by atoms with E-state index in [1.807, 2.05) is 31.2 Å². The first-order valence-corrected chi connectivity index (χ1v) is 7.82. The van der Waals surface area contributed by atoms with Crippen molar-refractivity contribution in [2.75, 3.05) is 5.32 Å². The lowest BCUT2D eigenvalue weighted by Crippen LogP contribution is -2.42. The number of aliphatic carboxylic acids is 1. The molecule has 3 N–H and O–H groups in total. The average molecular weight is 340 g/mol. The van der Waals surface area contributed by atoms with Crippen LogP contribution in [0.25, 0.3) is 0 Å². The predicted octanol–water partition coefficient (Wildman–Crippen LogP) is 2.38. The van der Waals surface area contributed by atoms with Gasteiger partial charge in [-0.25, -0.2) is 4.79 Å². The molecule has 2 amide bonds. The highest BCUT2D eigenvalue weighted by molar-refractivity contribution is 5.98. The van der Waals surface area contributed by atoms with Crippen molar-refractivity contribution in [3.63, 3.8) is 0 Å². The highest BCUT2D eigenvalue weighted by Crippen LogP contribution is 2.13. The molecule has 0 bridgehead atoms. The molecule has 0 radical (unpaired) electrons. The summed E-state index contributed by atoms with van der Waals surface area (Å²) in [5.74, 6) is -1.86. The first-order chi connectivity index (χ1) is 11.9. The van der Waals surface area contributed by atoms with E-state index in [9.17, 15) is 19.5 Å². The lowest BCUT2D eigenvalue weighted by molar-refractivity contribution is -0.139. The van der Waals surface area contributed by atoms with Crippen LogP contribution in [-0.4, -0.2) is 28.9 Å². The van der Waals surface area contributed by atoms with Gasteiger partial charge in [0.15, 0.2) is 0 Å². The Balaban J connectivity index is 2.14. The van der Waals surface area contributed by atoms with Crippen LogP contribution in [0.4, 0.5) is 5.69 Å². The predicted molar refractivity (Wildman–Crippen MR) is 94.5 cm³/mol. The first-order valence-electron chi connectivity index (χ1n) is 7.82. The number of nitrogens with one attached hydrogen (secondary N) is 2. The summed E-state index contributed by atoms with van der Waals surface area (Å²) in [4.78, 5) is 35.0. The molecule has 1 atom stereocenters. The maximum Gasteiger partial charge on any atom is 0.326 e. The van der Waals surface area contributed by atoms with Gasteiger partial charge in [0.2, 0.25) is 5.91 Å². The molecule has 2 aromatic carbocycles. The Labute approximate surface area is 145 Å². The SMILES string of the molecule is CC(=O)Nc1cccc(C(=O)N[C@H](Cc2ccccc2C)C(=O)O)c1. The fraction of sp³-hybridized carbons (Fsp3) is 0.211. The van der Waals surface area contributed by atoms with Gasteiger partial charge in [0.05, 0.1) is 0 Å². The number of anilines is 1. The molecule has 0 aliphatic rings. The van der Waals surface area contributed by atoms with Gasteiger partial charge in [-0.1, -0.05) is 30.3 Å². The summed E-state index contributed by atoms with van der Waals surface area (Å²) in [6.45, 7) is 3.27. The molecule has 6 heteroatoms. The molecule has 0 aliphatic carbocycles. The van der Waals surface area contributed by atoms with Gasteiger partial charge < -0.3 is 15.7 Å². The van der Waals surface area contributed by atoms with E-state index in [1.54, 1.807) is 18.2 Å². The van der Waals surface area contributed by atoms with Crippen LogP contribution in [0.15, 0.2) is 48.5 Å². The van der Waals surface area contributed by atoms with E-state index in [4.69, 9.17) is 0 Å². The average Bonchev–Trinajstić information content (AvgIpc) is 2.55. The van der Waals surface area contributed by atoms with E-state index in [0.29, 0.717) is 5.69 Å². The summed E-state index contributed by atoms with van der Waals surface area (Å²) < 4.78 is 0. The summed E-state index contributed by atoms with van der Waals surface area (Å²) in [6, 6.07) is 12.7. The quantitative estimate of drug-likeness (QED) is 0.752. The Kier molecular flexibility index (Phi) is 5.89. The van der Waals surface area contributed by atoms with Crippen molar-refractivity contribution in [3.05, 3.63) is 65.2 Å². The number of hydrogen-bond acceptors (Lipinski definition) is 3. The number of carbonyl (C=O) groups excluding carboxylic acids is 2. The molecule has 2 aromatic rings. The number of rotatable bonds is 6. The fourth-order valence-corrected chi connectivity index (χ4v) is 2.44. The van der Waals surface area contributed by atoms with E-state index in [1.165, 1.54) is 13.0 Å². The molecular formula is C19H20N2O4. The van der Waals surface area contributed by atoms with Crippen LogP contribution in [0.3, 0.4) is 0 Å².